The summed E-state index contributed by atoms with van der Waals surface area (Å²) in [4.78, 5) is 16.2. The Bertz CT molecular complexity index is 371. The maximum Gasteiger partial charge on any atom is 0.234 e. The number of rotatable bonds is 3. The van der Waals surface area contributed by atoms with Gasteiger partial charge in [0.25, 0.3) is 0 Å². The zero-order valence-electron chi connectivity index (χ0n) is 9.30. The van der Waals surface area contributed by atoms with Gasteiger partial charge in [0.05, 0.1) is 6.54 Å². The second kappa shape index (κ2) is 5.47. The van der Waals surface area contributed by atoms with E-state index in [2.05, 4.69) is 34.2 Å². The van der Waals surface area contributed by atoms with Crippen molar-refractivity contribution in [2.75, 3.05) is 24.5 Å². The monoisotopic (exact) mass is 216 g/mol. The first kappa shape index (κ1) is 10.9. The minimum Gasteiger partial charge on any atom is -0.371 e. The number of benzene rings is 1. The number of para-hydroxylation sites is 1. The van der Waals surface area contributed by atoms with Gasteiger partial charge < -0.3 is 4.90 Å². The Hall–Kier alpha value is -1.60. The molecule has 1 aromatic rings. The topological polar surface area (TPSA) is 32.7 Å². The lowest BCUT2D eigenvalue weighted by atomic mass is 9.98. The number of piperidine rings is 1. The molecule has 3 nitrogen and oxygen atoms in total. The molecule has 0 bridgehead atoms. The Morgan fingerprint density at radius 1 is 1.38 bits per heavy atom. The third-order valence-electron chi connectivity index (χ3n) is 3.05. The summed E-state index contributed by atoms with van der Waals surface area (Å²) >= 11 is 0. The maximum atomic E-state index is 10.1. The zero-order valence-corrected chi connectivity index (χ0v) is 9.30. The summed E-state index contributed by atoms with van der Waals surface area (Å²) in [7, 11) is 0. The zero-order chi connectivity index (χ0) is 11.2. The van der Waals surface area contributed by atoms with E-state index < -0.39 is 0 Å². The second-order valence-corrected chi connectivity index (χ2v) is 4.22. The average molecular weight is 216 g/mol. The van der Waals surface area contributed by atoms with Gasteiger partial charge in [-0.05, 0) is 30.9 Å². The molecule has 1 saturated heterocycles. The highest BCUT2D eigenvalue weighted by molar-refractivity contribution is 5.46. The first-order chi connectivity index (χ1) is 7.90. The third-order valence-corrected chi connectivity index (χ3v) is 3.05. The van der Waals surface area contributed by atoms with Gasteiger partial charge in [0.15, 0.2) is 0 Å². The van der Waals surface area contributed by atoms with E-state index in [-0.39, 0.29) is 0 Å². The van der Waals surface area contributed by atoms with E-state index in [4.69, 9.17) is 0 Å². The Morgan fingerprint density at radius 2 is 2.19 bits per heavy atom. The van der Waals surface area contributed by atoms with Crippen LogP contribution < -0.4 is 4.90 Å². The molecule has 0 aliphatic carbocycles. The number of hydrogen-bond acceptors (Lipinski definition) is 3. The lowest BCUT2D eigenvalue weighted by molar-refractivity contribution is 0.423. The Kier molecular flexibility index (Phi) is 3.73. The third kappa shape index (κ3) is 2.71. The van der Waals surface area contributed by atoms with Gasteiger partial charge in [0.1, 0.15) is 0 Å². The van der Waals surface area contributed by atoms with Gasteiger partial charge in [-0.25, -0.2) is 9.79 Å². The van der Waals surface area contributed by atoms with Crippen LogP contribution in [0.25, 0.3) is 0 Å². The van der Waals surface area contributed by atoms with Gasteiger partial charge >= 0.3 is 0 Å². The molecule has 0 amide bonds. The van der Waals surface area contributed by atoms with E-state index in [0.29, 0.717) is 12.5 Å². The molecular weight excluding hydrogens is 200 g/mol. The van der Waals surface area contributed by atoms with Crippen molar-refractivity contribution < 1.29 is 4.79 Å². The van der Waals surface area contributed by atoms with Crippen molar-refractivity contribution in [3.63, 3.8) is 0 Å². The summed E-state index contributed by atoms with van der Waals surface area (Å²) in [5.41, 5.74) is 1.27. The van der Waals surface area contributed by atoms with E-state index in [9.17, 15) is 4.79 Å². The number of anilines is 1. The van der Waals surface area contributed by atoms with Crippen LogP contribution in [0.15, 0.2) is 35.3 Å². The van der Waals surface area contributed by atoms with Crippen LogP contribution >= 0.6 is 0 Å². The predicted molar refractivity (Wildman–Crippen MR) is 64.4 cm³/mol. The Balaban J connectivity index is 1.99. The molecule has 1 unspecified atom stereocenters. The van der Waals surface area contributed by atoms with Gasteiger partial charge in [-0.2, -0.15) is 0 Å². The SMILES string of the molecule is O=C=NCC1CCCN(c2ccccc2)C1. The van der Waals surface area contributed by atoms with Crippen molar-refractivity contribution in [1.29, 1.82) is 0 Å². The van der Waals surface area contributed by atoms with Crippen LogP contribution in [0.3, 0.4) is 0 Å². The van der Waals surface area contributed by atoms with E-state index in [1.807, 2.05) is 6.07 Å². The van der Waals surface area contributed by atoms with Crippen LogP contribution in [0.4, 0.5) is 5.69 Å². The standard InChI is InChI=1S/C13H16N2O/c16-11-14-9-12-5-4-8-15(10-12)13-6-2-1-3-7-13/h1-3,6-7,12H,4-5,8-10H2. The first-order valence-corrected chi connectivity index (χ1v) is 5.74. The fourth-order valence-electron chi connectivity index (χ4n) is 2.25. The maximum absolute atomic E-state index is 10.1. The summed E-state index contributed by atoms with van der Waals surface area (Å²) < 4.78 is 0. The van der Waals surface area contributed by atoms with E-state index in [1.165, 1.54) is 12.1 Å². The molecule has 1 fully saturated rings. The van der Waals surface area contributed by atoms with Crippen LogP contribution in [0, 0.1) is 5.92 Å². The molecule has 0 N–H and O–H groups in total. The molecule has 1 aromatic carbocycles. The molecular formula is C13H16N2O. The van der Waals surface area contributed by atoms with Crippen LogP contribution in [-0.4, -0.2) is 25.7 Å². The minimum atomic E-state index is 0.496. The number of hydrogen-bond donors (Lipinski definition) is 0. The number of aliphatic imine (C=N–C) groups is 1. The Morgan fingerprint density at radius 3 is 2.94 bits per heavy atom. The summed E-state index contributed by atoms with van der Waals surface area (Å²) in [6.07, 6.45) is 3.96. The number of isocyanates is 1. The van der Waals surface area contributed by atoms with E-state index in [0.717, 1.165) is 19.5 Å². The molecule has 1 atom stereocenters. The summed E-state index contributed by atoms with van der Waals surface area (Å²) in [5, 5.41) is 0. The molecule has 1 aliphatic heterocycles. The van der Waals surface area contributed by atoms with Crippen molar-refractivity contribution in [2.45, 2.75) is 12.8 Å². The van der Waals surface area contributed by atoms with Crippen LogP contribution in [0.1, 0.15) is 12.8 Å². The van der Waals surface area contributed by atoms with Crippen molar-refractivity contribution in [3.8, 4) is 0 Å². The summed E-state index contributed by atoms with van der Waals surface area (Å²) in [6, 6.07) is 10.4. The highest BCUT2D eigenvalue weighted by Crippen LogP contribution is 2.22. The normalized spacial score (nSPS) is 20.2. The number of carbonyl (C=O) groups excluding carboxylic acids is 1. The van der Waals surface area contributed by atoms with Gasteiger partial charge in [0, 0.05) is 18.8 Å². The van der Waals surface area contributed by atoms with Crippen molar-refractivity contribution in [2.24, 2.45) is 10.9 Å². The molecule has 2 rings (SSSR count). The number of nitrogens with zero attached hydrogens (tertiary/aromatic N) is 2. The smallest absolute Gasteiger partial charge is 0.234 e. The lowest BCUT2D eigenvalue weighted by Gasteiger charge is -2.33. The minimum absolute atomic E-state index is 0.496. The van der Waals surface area contributed by atoms with Crippen molar-refractivity contribution >= 4 is 11.8 Å². The highest BCUT2D eigenvalue weighted by atomic mass is 16.1. The first-order valence-electron chi connectivity index (χ1n) is 5.74. The van der Waals surface area contributed by atoms with E-state index >= 15 is 0 Å². The molecule has 84 valence electrons. The summed E-state index contributed by atoms with van der Waals surface area (Å²) in [5.74, 6) is 0.496. The molecule has 16 heavy (non-hydrogen) atoms. The van der Waals surface area contributed by atoms with Crippen LogP contribution in [0.5, 0.6) is 0 Å². The van der Waals surface area contributed by atoms with Gasteiger partial charge in [-0.1, -0.05) is 18.2 Å². The molecule has 3 heteroatoms. The molecule has 0 saturated carbocycles. The lowest BCUT2D eigenvalue weighted by Crippen LogP contribution is -2.36. The fourth-order valence-corrected chi connectivity index (χ4v) is 2.25. The molecule has 1 aliphatic rings. The van der Waals surface area contributed by atoms with E-state index in [1.54, 1.807) is 6.08 Å². The average Bonchev–Trinajstić information content (AvgIpc) is 2.38. The molecule has 1 heterocycles. The van der Waals surface area contributed by atoms with Crippen LogP contribution in [0.2, 0.25) is 0 Å². The quantitative estimate of drug-likeness (QED) is 0.573. The van der Waals surface area contributed by atoms with Gasteiger partial charge in [0.2, 0.25) is 6.08 Å². The molecule has 0 spiro atoms. The van der Waals surface area contributed by atoms with Crippen LogP contribution in [-0.2, 0) is 4.79 Å². The Labute approximate surface area is 95.8 Å². The largest absolute Gasteiger partial charge is 0.371 e. The fraction of sp³-hybridized carbons (Fsp3) is 0.462. The molecule has 0 radical (unpaired) electrons. The predicted octanol–water partition coefficient (Wildman–Crippen LogP) is 2.24. The van der Waals surface area contributed by atoms with Gasteiger partial charge in [-0.15, -0.1) is 0 Å². The highest BCUT2D eigenvalue weighted by Gasteiger charge is 2.19. The second-order valence-electron chi connectivity index (χ2n) is 4.22. The van der Waals surface area contributed by atoms with Crippen molar-refractivity contribution in [1.82, 2.24) is 0 Å². The van der Waals surface area contributed by atoms with Crippen molar-refractivity contribution in [3.05, 3.63) is 30.3 Å². The summed E-state index contributed by atoms with van der Waals surface area (Å²) in [6.45, 7) is 2.72. The molecule has 0 aromatic heterocycles. The van der Waals surface area contributed by atoms with Gasteiger partial charge in [-0.3, -0.25) is 0 Å².